The molecule has 1 aliphatic rings. The van der Waals surface area contributed by atoms with Gasteiger partial charge in [0.25, 0.3) is 5.91 Å². The number of amidine groups is 1. The molecule has 3 aromatic rings. The highest BCUT2D eigenvalue weighted by molar-refractivity contribution is 8.18. The smallest absolute Gasteiger partial charge is 0.266 e. The molecule has 0 bridgehead atoms. The minimum Gasteiger partial charge on any atom is -0.497 e. The van der Waals surface area contributed by atoms with Crippen molar-refractivity contribution in [1.82, 2.24) is 9.47 Å². The Balaban J connectivity index is 1.67. The number of nitrogens with zero attached hydrogens (tertiary/aromatic N) is 3. The van der Waals surface area contributed by atoms with E-state index in [9.17, 15) is 9.18 Å². The lowest BCUT2D eigenvalue weighted by atomic mass is 10.3. The van der Waals surface area contributed by atoms with Gasteiger partial charge in [0.15, 0.2) is 5.17 Å². The molecule has 0 aliphatic carbocycles. The topological polar surface area (TPSA) is 46.8 Å². The third kappa shape index (κ3) is 3.89. The first-order chi connectivity index (χ1) is 14.6. The third-order valence-corrected chi connectivity index (χ3v) is 5.68. The molecule has 4 rings (SSSR count). The van der Waals surface area contributed by atoms with Crippen molar-refractivity contribution >= 4 is 34.6 Å². The Morgan fingerprint density at radius 3 is 2.57 bits per heavy atom. The number of likely N-dealkylation sites (N-methyl/N-ethyl adjacent to an activating group) is 1. The van der Waals surface area contributed by atoms with Gasteiger partial charge in [-0.05, 0) is 73.3 Å². The number of hydrogen-bond acceptors (Lipinski definition) is 4. The number of ether oxygens (including phenoxy) is 1. The van der Waals surface area contributed by atoms with Gasteiger partial charge in [0.2, 0.25) is 0 Å². The standard InChI is InChI=1S/C23H20FN3O2S/c1-3-26-22(28)21(30-23(26)25-16-10-12-18(29-2)13-11-16)15-17-7-6-14-27(17)20-9-5-4-8-19(20)24/h4-15H,3H2,1-2H3/b21-15+,25-23?. The number of thioether (sulfide) groups is 1. The van der Waals surface area contributed by atoms with E-state index in [0.29, 0.717) is 22.3 Å². The van der Waals surface area contributed by atoms with Crippen LogP contribution in [0.2, 0.25) is 0 Å². The molecular weight excluding hydrogens is 401 g/mol. The Labute approximate surface area is 178 Å². The van der Waals surface area contributed by atoms with E-state index in [2.05, 4.69) is 4.99 Å². The van der Waals surface area contributed by atoms with Crippen molar-refractivity contribution in [2.75, 3.05) is 13.7 Å². The number of hydrogen-bond donors (Lipinski definition) is 0. The highest BCUT2D eigenvalue weighted by atomic mass is 32.2. The number of aromatic nitrogens is 1. The number of carbonyl (C=O) groups excluding carboxylic acids is 1. The van der Waals surface area contributed by atoms with E-state index in [0.717, 1.165) is 17.1 Å². The fraction of sp³-hybridized carbons (Fsp3) is 0.130. The van der Waals surface area contributed by atoms with Gasteiger partial charge in [0, 0.05) is 18.4 Å². The molecule has 1 saturated heterocycles. The van der Waals surface area contributed by atoms with Crippen molar-refractivity contribution in [3.63, 3.8) is 0 Å². The van der Waals surface area contributed by atoms with Gasteiger partial charge in [0.1, 0.15) is 11.6 Å². The van der Waals surface area contributed by atoms with Crippen LogP contribution >= 0.6 is 11.8 Å². The highest BCUT2D eigenvalue weighted by Crippen LogP contribution is 2.34. The van der Waals surface area contributed by atoms with Crippen molar-refractivity contribution in [3.05, 3.63) is 83.3 Å². The number of methoxy groups -OCH3 is 1. The lowest BCUT2D eigenvalue weighted by Gasteiger charge is -2.12. The van der Waals surface area contributed by atoms with Gasteiger partial charge in [-0.15, -0.1) is 0 Å². The summed E-state index contributed by atoms with van der Waals surface area (Å²) in [4.78, 5) is 19.7. The van der Waals surface area contributed by atoms with Gasteiger partial charge < -0.3 is 9.30 Å². The SMILES string of the molecule is CCN1C(=O)/C(=C\c2cccn2-c2ccccc2F)SC1=Nc1ccc(OC)cc1. The molecule has 1 amide bonds. The molecule has 7 heteroatoms. The monoisotopic (exact) mass is 421 g/mol. The van der Waals surface area contributed by atoms with E-state index in [-0.39, 0.29) is 11.7 Å². The zero-order valence-electron chi connectivity index (χ0n) is 16.6. The predicted octanol–water partition coefficient (Wildman–Crippen LogP) is 5.25. The number of benzene rings is 2. The summed E-state index contributed by atoms with van der Waals surface area (Å²) in [7, 11) is 1.61. The maximum absolute atomic E-state index is 14.2. The van der Waals surface area contributed by atoms with Gasteiger partial charge in [0.05, 0.1) is 23.4 Å². The van der Waals surface area contributed by atoms with Crippen LogP contribution in [0.15, 0.2) is 76.8 Å². The molecule has 1 aromatic heterocycles. The van der Waals surface area contributed by atoms with Crippen molar-refractivity contribution in [2.24, 2.45) is 4.99 Å². The molecule has 0 spiro atoms. The molecule has 30 heavy (non-hydrogen) atoms. The fourth-order valence-electron chi connectivity index (χ4n) is 3.15. The van der Waals surface area contributed by atoms with Gasteiger partial charge in [-0.1, -0.05) is 12.1 Å². The molecule has 2 heterocycles. The van der Waals surface area contributed by atoms with E-state index < -0.39 is 0 Å². The molecule has 2 aromatic carbocycles. The van der Waals surface area contributed by atoms with Crippen molar-refractivity contribution in [2.45, 2.75) is 6.92 Å². The average molecular weight is 421 g/mol. The number of rotatable bonds is 5. The predicted molar refractivity (Wildman–Crippen MR) is 119 cm³/mol. The van der Waals surface area contributed by atoms with Gasteiger partial charge >= 0.3 is 0 Å². The van der Waals surface area contributed by atoms with E-state index in [1.807, 2.05) is 43.3 Å². The van der Waals surface area contributed by atoms with Gasteiger partial charge in [-0.3, -0.25) is 9.69 Å². The first-order valence-electron chi connectivity index (χ1n) is 9.47. The summed E-state index contributed by atoms with van der Waals surface area (Å²) in [6.07, 6.45) is 3.55. The molecule has 0 radical (unpaired) electrons. The van der Waals surface area contributed by atoms with Crippen molar-refractivity contribution in [1.29, 1.82) is 0 Å². The molecule has 5 nitrogen and oxygen atoms in total. The van der Waals surface area contributed by atoms with Gasteiger partial charge in [-0.2, -0.15) is 0 Å². The number of para-hydroxylation sites is 1. The normalized spacial score (nSPS) is 16.6. The number of carbonyl (C=O) groups is 1. The van der Waals surface area contributed by atoms with Crippen LogP contribution in [-0.4, -0.2) is 34.2 Å². The minimum atomic E-state index is -0.323. The van der Waals surface area contributed by atoms with E-state index >= 15 is 0 Å². The summed E-state index contributed by atoms with van der Waals surface area (Å²) in [5.74, 6) is 0.308. The van der Waals surface area contributed by atoms with E-state index in [1.165, 1.54) is 17.8 Å². The Bertz CT molecular complexity index is 1140. The summed E-state index contributed by atoms with van der Waals surface area (Å²) in [5, 5.41) is 0.614. The average Bonchev–Trinajstić information content (AvgIpc) is 3.33. The molecule has 152 valence electrons. The second kappa shape index (κ2) is 8.59. The maximum Gasteiger partial charge on any atom is 0.266 e. The van der Waals surface area contributed by atoms with Crippen LogP contribution in [0.3, 0.4) is 0 Å². The molecule has 0 unspecified atom stereocenters. The third-order valence-electron chi connectivity index (χ3n) is 4.67. The molecule has 0 saturated carbocycles. The zero-order chi connectivity index (χ0) is 21.1. The lowest BCUT2D eigenvalue weighted by Crippen LogP contribution is -2.28. The Morgan fingerprint density at radius 2 is 1.87 bits per heavy atom. The first kappa shape index (κ1) is 20.0. The van der Waals surface area contributed by atoms with Crippen LogP contribution in [0.1, 0.15) is 12.6 Å². The van der Waals surface area contributed by atoms with Crippen LogP contribution in [0, 0.1) is 5.82 Å². The quantitative estimate of drug-likeness (QED) is 0.529. The van der Waals surface area contributed by atoms with Crippen LogP contribution in [0.25, 0.3) is 11.8 Å². The van der Waals surface area contributed by atoms with Crippen LogP contribution in [-0.2, 0) is 4.79 Å². The minimum absolute atomic E-state index is 0.115. The molecule has 1 aliphatic heterocycles. The number of halogens is 1. The van der Waals surface area contributed by atoms with Gasteiger partial charge in [-0.25, -0.2) is 9.38 Å². The highest BCUT2D eigenvalue weighted by Gasteiger charge is 2.32. The van der Waals surface area contributed by atoms with E-state index in [1.54, 1.807) is 47.0 Å². The Morgan fingerprint density at radius 1 is 1.10 bits per heavy atom. The van der Waals surface area contributed by atoms with Crippen LogP contribution < -0.4 is 4.74 Å². The fourth-order valence-corrected chi connectivity index (χ4v) is 4.20. The summed E-state index contributed by atoms with van der Waals surface area (Å²) >= 11 is 1.31. The molecule has 0 N–H and O–H groups in total. The first-order valence-corrected chi connectivity index (χ1v) is 10.3. The largest absolute Gasteiger partial charge is 0.497 e. The zero-order valence-corrected chi connectivity index (χ0v) is 17.4. The van der Waals surface area contributed by atoms with Crippen LogP contribution in [0.4, 0.5) is 10.1 Å². The maximum atomic E-state index is 14.2. The van der Waals surface area contributed by atoms with Crippen molar-refractivity contribution in [3.8, 4) is 11.4 Å². The second-order valence-electron chi connectivity index (χ2n) is 6.51. The summed E-state index contributed by atoms with van der Waals surface area (Å²) in [6, 6.07) is 17.6. The molecule has 1 fully saturated rings. The number of amides is 1. The van der Waals surface area contributed by atoms with Crippen molar-refractivity contribution < 1.29 is 13.9 Å². The summed E-state index contributed by atoms with van der Waals surface area (Å²) < 4.78 is 21.1. The summed E-state index contributed by atoms with van der Waals surface area (Å²) in [6.45, 7) is 2.42. The Hall–Kier alpha value is -3.32. The van der Waals surface area contributed by atoms with E-state index in [4.69, 9.17) is 4.74 Å². The summed E-state index contributed by atoms with van der Waals surface area (Å²) in [5.41, 5.74) is 1.89. The number of aliphatic imine (C=N–C) groups is 1. The Kier molecular flexibility index (Phi) is 5.72. The lowest BCUT2D eigenvalue weighted by molar-refractivity contribution is -0.122. The molecule has 0 atom stereocenters. The molecular formula is C23H20FN3O2S. The second-order valence-corrected chi connectivity index (χ2v) is 7.52. The van der Waals surface area contributed by atoms with Crippen LogP contribution in [0.5, 0.6) is 5.75 Å².